The van der Waals surface area contributed by atoms with Gasteiger partial charge in [-0.1, -0.05) is 26.7 Å². The molecule has 0 spiro atoms. The second-order valence-corrected chi connectivity index (χ2v) is 7.51. The second kappa shape index (κ2) is 13.3. The molecule has 0 bridgehead atoms. The molecule has 1 fully saturated rings. The van der Waals surface area contributed by atoms with E-state index < -0.39 is 17.7 Å². The minimum atomic E-state index is -0.646. The minimum absolute atomic E-state index is 0.00475. The molecule has 1 aliphatic rings. The lowest BCUT2D eigenvalue weighted by molar-refractivity contribution is -0.128. The highest BCUT2D eigenvalue weighted by molar-refractivity contribution is 6.29. The molecule has 0 radical (unpaired) electrons. The first kappa shape index (κ1) is 25.1. The minimum Gasteiger partial charge on any atom is -0.444 e. The van der Waals surface area contributed by atoms with E-state index >= 15 is 0 Å². The first-order valence-electron chi connectivity index (χ1n) is 10.0. The molecule has 1 rings (SSSR count). The van der Waals surface area contributed by atoms with Gasteiger partial charge in [-0.3, -0.25) is 9.59 Å². The van der Waals surface area contributed by atoms with Gasteiger partial charge in [0.2, 0.25) is 5.91 Å². The number of amides is 2. The van der Waals surface area contributed by atoms with E-state index in [9.17, 15) is 14.4 Å². The maximum atomic E-state index is 12.2. The van der Waals surface area contributed by atoms with E-state index in [0.29, 0.717) is 25.8 Å². The Bertz CT molecular complexity index is 480. The number of alkyl carbamates (subject to hydrolysis) is 1. The summed E-state index contributed by atoms with van der Waals surface area (Å²) in [6.45, 7) is 9.84. The van der Waals surface area contributed by atoms with Gasteiger partial charge in [-0.25, -0.2) is 4.79 Å². The lowest BCUT2D eigenvalue weighted by atomic mass is 10.0. The van der Waals surface area contributed by atoms with Crippen LogP contribution in [0.15, 0.2) is 0 Å². The lowest BCUT2D eigenvalue weighted by Crippen LogP contribution is -2.43. The molecular weight excluding hydrogens is 346 g/mol. The molecule has 1 unspecified atom stereocenters. The third-order valence-electron chi connectivity index (χ3n) is 4.12. The van der Waals surface area contributed by atoms with Crippen molar-refractivity contribution in [2.24, 2.45) is 5.92 Å². The number of ketones is 1. The maximum absolute atomic E-state index is 12.2. The molecule has 0 aromatic carbocycles. The summed E-state index contributed by atoms with van der Waals surface area (Å²) >= 11 is 0. The van der Waals surface area contributed by atoms with Crippen molar-refractivity contribution in [3.8, 4) is 0 Å². The Kier molecular flexibility index (Phi) is 12.3. The molecule has 0 saturated heterocycles. The number of unbranched alkanes of at least 4 members (excludes halogenated alkanes) is 1. The van der Waals surface area contributed by atoms with Crippen LogP contribution in [0.4, 0.5) is 4.79 Å². The lowest BCUT2D eigenvalue weighted by Gasteiger charge is -2.20. The van der Waals surface area contributed by atoms with Crippen LogP contribution < -0.4 is 10.6 Å². The van der Waals surface area contributed by atoms with Gasteiger partial charge in [-0.2, -0.15) is 0 Å². The summed E-state index contributed by atoms with van der Waals surface area (Å²) in [7, 11) is 0. The van der Waals surface area contributed by atoms with E-state index in [1.807, 2.05) is 13.8 Å². The first-order valence-corrected chi connectivity index (χ1v) is 10.0. The highest BCUT2D eigenvalue weighted by Gasteiger charge is 2.26. The maximum Gasteiger partial charge on any atom is 0.407 e. The van der Waals surface area contributed by atoms with Gasteiger partial charge in [0.05, 0.1) is 12.3 Å². The van der Waals surface area contributed by atoms with Gasteiger partial charge in [0.15, 0.2) is 5.78 Å². The van der Waals surface area contributed by atoms with Crippen molar-refractivity contribution in [2.75, 3.05) is 6.54 Å². The summed E-state index contributed by atoms with van der Waals surface area (Å²) in [4.78, 5) is 35.5. The summed E-state index contributed by atoms with van der Waals surface area (Å²) in [5, 5.41) is 12.6. The predicted octanol–water partition coefficient (Wildman–Crippen LogP) is 3.60. The van der Waals surface area contributed by atoms with E-state index in [2.05, 4.69) is 10.6 Å². The first-order chi connectivity index (χ1) is 12.7. The average Bonchev–Trinajstić information content (AvgIpc) is 3.14. The zero-order chi connectivity index (χ0) is 20.9. The molecule has 0 aromatic rings. The number of hydrogen-bond acceptors (Lipinski definition) is 5. The molecule has 27 heavy (non-hydrogen) atoms. The fraction of sp³-hybridized carbons (Fsp3) is 0.800. The molecule has 0 aliphatic heterocycles. The molecule has 7 nitrogen and oxygen atoms in total. The smallest absolute Gasteiger partial charge is 0.407 e. The van der Waals surface area contributed by atoms with Gasteiger partial charge in [-0.15, -0.1) is 0 Å². The molecule has 0 aromatic heterocycles. The van der Waals surface area contributed by atoms with Crippen molar-refractivity contribution < 1.29 is 19.1 Å². The zero-order valence-corrected chi connectivity index (χ0v) is 17.5. The van der Waals surface area contributed by atoms with Gasteiger partial charge >= 0.3 is 6.09 Å². The number of hydrogen-bond donors (Lipinski definition) is 3. The van der Waals surface area contributed by atoms with Crippen LogP contribution in [-0.2, 0) is 14.3 Å². The van der Waals surface area contributed by atoms with Crippen LogP contribution in [0.3, 0.4) is 0 Å². The molecule has 1 atom stereocenters. The molecule has 3 N–H and O–H groups in total. The van der Waals surface area contributed by atoms with Crippen molar-refractivity contribution in [2.45, 2.75) is 91.2 Å². The SMILES string of the molecule is CC.CC(C)(C)OC(=O)NCCCCC(NC(=O)C1CCCC1)C(=O)C=N. The van der Waals surface area contributed by atoms with Crippen LogP contribution >= 0.6 is 0 Å². The molecule has 2 amide bonds. The predicted molar refractivity (Wildman–Crippen MR) is 107 cm³/mol. The van der Waals surface area contributed by atoms with E-state index in [1.165, 1.54) is 0 Å². The highest BCUT2D eigenvalue weighted by atomic mass is 16.6. The van der Waals surface area contributed by atoms with E-state index in [-0.39, 0.29) is 17.6 Å². The van der Waals surface area contributed by atoms with Crippen LogP contribution in [-0.4, -0.2) is 42.2 Å². The molecule has 1 saturated carbocycles. The van der Waals surface area contributed by atoms with E-state index in [1.54, 1.807) is 20.8 Å². The molecule has 156 valence electrons. The normalized spacial score (nSPS) is 15.1. The summed E-state index contributed by atoms with van der Waals surface area (Å²) in [6, 6.07) is -0.646. The molecule has 0 heterocycles. The number of ether oxygens (including phenoxy) is 1. The quantitative estimate of drug-likeness (QED) is 0.417. The van der Waals surface area contributed by atoms with Crippen molar-refractivity contribution in [3.63, 3.8) is 0 Å². The van der Waals surface area contributed by atoms with Crippen LogP contribution in [0.25, 0.3) is 0 Å². The standard InChI is InChI=1S/C18H31N3O4.C2H6/c1-18(2,3)25-17(24)20-11-7-6-10-14(15(22)12-19)21-16(23)13-8-4-5-9-13;1-2/h12-14,19H,4-11H2,1-3H3,(H,20,24)(H,21,23);1-2H3. The largest absolute Gasteiger partial charge is 0.444 e. The fourth-order valence-electron chi connectivity index (χ4n) is 2.84. The Morgan fingerprint density at radius 1 is 1.15 bits per heavy atom. The van der Waals surface area contributed by atoms with E-state index in [0.717, 1.165) is 31.9 Å². The van der Waals surface area contributed by atoms with Crippen molar-refractivity contribution in [1.29, 1.82) is 5.41 Å². The second-order valence-electron chi connectivity index (χ2n) is 7.51. The number of Topliss-reactive ketones (excluding diaryl/α,β-unsaturated/α-hetero) is 1. The highest BCUT2D eigenvalue weighted by Crippen LogP contribution is 2.24. The van der Waals surface area contributed by atoms with Gasteiger partial charge < -0.3 is 20.8 Å². The third kappa shape index (κ3) is 11.4. The summed E-state index contributed by atoms with van der Waals surface area (Å²) < 4.78 is 5.14. The Labute approximate surface area is 163 Å². The summed E-state index contributed by atoms with van der Waals surface area (Å²) in [6.07, 6.45) is 5.94. The topological polar surface area (TPSA) is 108 Å². The molecule has 7 heteroatoms. The van der Waals surface area contributed by atoms with Crippen LogP contribution in [0, 0.1) is 11.3 Å². The van der Waals surface area contributed by atoms with Gasteiger partial charge in [0, 0.05) is 12.5 Å². The number of nitrogens with one attached hydrogen (secondary N) is 3. The number of carbonyl (C=O) groups is 3. The molecular formula is C20H37N3O4. The van der Waals surface area contributed by atoms with Crippen LogP contribution in [0.1, 0.15) is 79.6 Å². The van der Waals surface area contributed by atoms with Gasteiger partial charge in [-0.05, 0) is 52.9 Å². The fourth-order valence-corrected chi connectivity index (χ4v) is 2.84. The number of carbonyl (C=O) groups excluding carboxylic acids is 3. The van der Waals surface area contributed by atoms with Crippen LogP contribution in [0.5, 0.6) is 0 Å². The van der Waals surface area contributed by atoms with Crippen molar-refractivity contribution in [3.05, 3.63) is 0 Å². The van der Waals surface area contributed by atoms with E-state index in [4.69, 9.17) is 10.1 Å². The Morgan fingerprint density at radius 2 is 1.74 bits per heavy atom. The van der Waals surface area contributed by atoms with Crippen molar-refractivity contribution in [1.82, 2.24) is 10.6 Å². The Morgan fingerprint density at radius 3 is 2.26 bits per heavy atom. The van der Waals surface area contributed by atoms with Gasteiger partial charge in [0.25, 0.3) is 0 Å². The van der Waals surface area contributed by atoms with Gasteiger partial charge in [0.1, 0.15) is 5.60 Å². The average molecular weight is 384 g/mol. The Hall–Kier alpha value is -1.92. The summed E-state index contributed by atoms with van der Waals surface area (Å²) in [5.74, 6) is -0.467. The zero-order valence-electron chi connectivity index (χ0n) is 17.5. The molecule has 1 aliphatic carbocycles. The van der Waals surface area contributed by atoms with Crippen LogP contribution in [0.2, 0.25) is 0 Å². The third-order valence-corrected chi connectivity index (χ3v) is 4.12. The number of rotatable bonds is 9. The van der Waals surface area contributed by atoms with Crippen molar-refractivity contribution >= 4 is 24.0 Å². The summed E-state index contributed by atoms with van der Waals surface area (Å²) in [5.41, 5.74) is -0.532. The Balaban J connectivity index is 0.00000326. The monoisotopic (exact) mass is 383 g/mol.